The molecule has 1 aromatic carbocycles. The second-order valence-corrected chi connectivity index (χ2v) is 4.78. The topological polar surface area (TPSA) is 75.1 Å². The van der Waals surface area contributed by atoms with Gasteiger partial charge in [-0.1, -0.05) is 28.5 Å². The maximum atomic E-state index is 11.9. The highest BCUT2D eigenvalue weighted by Crippen LogP contribution is 2.09. The van der Waals surface area contributed by atoms with Crippen molar-refractivity contribution in [3.8, 4) is 11.8 Å². The van der Waals surface area contributed by atoms with Crippen LogP contribution in [0.25, 0.3) is 0 Å². The van der Waals surface area contributed by atoms with Crippen molar-refractivity contribution in [3.05, 3.63) is 46.0 Å². The summed E-state index contributed by atoms with van der Waals surface area (Å²) in [5, 5.41) is 15.3. The fourth-order valence-electron chi connectivity index (χ4n) is 1.60. The van der Waals surface area contributed by atoms with Gasteiger partial charge in [0.15, 0.2) is 0 Å². The first kappa shape index (κ1) is 14.2. The molecule has 0 fully saturated rings. The van der Waals surface area contributed by atoms with Crippen LogP contribution in [0.3, 0.4) is 0 Å². The molecule has 102 valence electrons. The Morgan fingerprint density at radius 3 is 3.05 bits per heavy atom. The predicted molar refractivity (Wildman–Crippen MR) is 76.2 cm³/mol. The lowest BCUT2D eigenvalue weighted by molar-refractivity contribution is 0.0954. The molecule has 0 saturated heterocycles. The molecule has 0 unspecified atom stereocenters. The van der Waals surface area contributed by atoms with Crippen LogP contribution in [-0.2, 0) is 6.54 Å². The third-order valence-electron chi connectivity index (χ3n) is 2.55. The second-order valence-electron chi connectivity index (χ2n) is 4.03. The number of aromatic nitrogens is 2. The van der Waals surface area contributed by atoms with E-state index in [0.29, 0.717) is 17.1 Å². The van der Waals surface area contributed by atoms with E-state index < -0.39 is 0 Å². The molecule has 20 heavy (non-hydrogen) atoms. The quantitative estimate of drug-likeness (QED) is 0.830. The van der Waals surface area contributed by atoms with Crippen molar-refractivity contribution in [1.29, 1.82) is 0 Å². The molecule has 0 aliphatic rings. The molecule has 1 aromatic heterocycles. The van der Waals surface area contributed by atoms with E-state index in [1.54, 1.807) is 6.92 Å². The molecule has 0 saturated carbocycles. The van der Waals surface area contributed by atoms with Gasteiger partial charge in [-0.05, 0) is 36.2 Å². The number of carbonyl (C=O) groups excluding carboxylic acids is 1. The number of nitrogens with one attached hydrogen (secondary N) is 1. The second kappa shape index (κ2) is 6.80. The van der Waals surface area contributed by atoms with E-state index in [-0.39, 0.29) is 12.5 Å². The summed E-state index contributed by atoms with van der Waals surface area (Å²) in [7, 11) is 0. The molecular formula is C14H13N3O2S. The summed E-state index contributed by atoms with van der Waals surface area (Å²) in [4.78, 5) is 12.4. The van der Waals surface area contributed by atoms with Gasteiger partial charge in [-0.15, -0.1) is 5.10 Å². The molecule has 0 atom stereocenters. The smallest absolute Gasteiger partial charge is 0.265 e. The first-order chi connectivity index (χ1) is 9.70. The Labute approximate surface area is 120 Å². The Morgan fingerprint density at radius 2 is 2.35 bits per heavy atom. The SMILES string of the molecule is Cc1nnsc1C(=O)NCc1cccc(C#CCO)c1. The Bertz CT molecular complexity index is 670. The standard InChI is InChI=1S/C14H13N3O2S/c1-10-13(20-17-16-10)14(19)15-9-12-5-2-4-11(8-12)6-3-7-18/h2,4-5,8,18H,7,9H2,1H3,(H,15,19). The number of rotatable bonds is 3. The van der Waals surface area contributed by atoms with Gasteiger partial charge in [0.05, 0.1) is 5.69 Å². The van der Waals surface area contributed by atoms with E-state index in [4.69, 9.17) is 5.11 Å². The van der Waals surface area contributed by atoms with Gasteiger partial charge in [0.2, 0.25) is 0 Å². The highest BCUT2D eigenvalue weighted by molar-refractivity contribution is 7.07. The third kappa shape index (κ3) is 3.63. The van der Waals surface area contributed by atoms with Crippen molar-refractivity contribution in [2.75, 3.05) is 6.61 Å². The summed E-state index contributed by atoms with van der Waals surface area (Å²) in [5.41, 5.74) is 2.38. The Balaban J connectivity index is 2.01. The summed E-state index contributed by atoms with van der Waals surface area (Å²) < 4.78 is 3.73. The molecule has 2 N–H and O–H groups in total. The van der Waals surface area contributed by atoms with Gasteiger partial charge >= 0.3 is 0 Å². The third-order valence-corrected chi connectivity index (χ3v) is 3.38. The van der Waals surface area contributed by atoms with Crippen molar-refractivity contribution in [2.24, 2.45) is 0 Å². The van der Waals surface area contributed by atoms with Crippen LogP contribution in [-0.4, -0.2) is 27.2 Å². The predicted octanol–water partition coefficient (Wildman–Crippen LogP) is 1.12. The van der Waals surface area contributed by atoms with Gasteiger partial charge in [0.25, 0.3) is 5.91 Å². The van der Waals surface area contributed by atoms with Crippen molar-refractivity contribution in [2.45, 2.75) is 13.5 Å². The lowest BCUT2D eigenvalue weighted by Gasteiger charge is -2.04. The number of carbonyl (C=O) groups is 1. The van der Waals surface area contributed by atoms with Gasteiger partial charge in [-0.2, -0.15) is 0 Å². The zero-order chi connectivity index (χ0) is 14.4. The van der Waals surface area contributed by atoms with E-state index in [1.165, 1.54) is 0 Å². The Hall–Kier alpha value is -2.23. The molecule has 2 aromatic rings. The molecule has 1 heterocycles. The van der Waals surface area contributed by atoms with Gasteiger partial charge in [-0.25, -0.2) is 0 Å². The monoisotopic (exact) mass is 287 g/mol. The molecule has 0 aliphatic heterocycles. The number of nitrogens with zero attached hydrogens (tertiary/aromatic N) is 2. The lowest BCUT2D eigenvalue weighted by atomic mass is 10.1. The van der Waals surface area contributed by atoms with Crippen LogP contribution < -0.4 is 5.32 Å². The number of aliphatic hydroxyl groups excluding tert-OH is 1. The number of benzene rings is 1. The van der Waals surface area contributed by atoms with Gasteiger partial charge < -0.3 is 10.4 Å². The van der Waals surface area contributed by atoms with Crippen LogP contribution >= 0.6 is 11.5 Å². The molecule has 0 aliphatic carbocycles. The lowest BCUT2D eigenvalue weighted by Crippen LogP contribution is -2.22. The van der Waals surface area contributed by atoms with Crippen LogP contribution in [0.15, 0.2) is 24.3 Å². The minimum absolute atomic E-state index is 0.168. The van der Waals surface area contributed by atoms with Crippen molar-refractivity contribution in [3.63, 3.8) is 0 Å². The first-order valence-corrected chi connectivity index (χ1v) is 6.74. The van der Waals surface area contributed by atoms with Crippen LogP contribution in [0.4, 0.5) is 0 Å². The van der Waals surface area contributed by atoms with E-state index in [1.807, 2.05) is 24.3 Å². The van der Waals surface area contributed by atoms with Crippen LogP contribution in [0.5, 0.6) is 0 Å². The van der Waals surface area contributed by atoms with Crippen molar-refractivity contribution >= 4 is 17.4 Å². The molecule has 0 bridgehead atoms. The van der Waals surface area contributed by atoms with Crippen molar-refractivity contribution < 1.29 is 9.90 Å². The molecule has 6 heteroatoms. The molecule has 0 radical (unpaired) electrons. The summed E-state index contributed by atoms with van der Waals surface area (Å²) in [6.07, 6.45) is 0. The number of hydrogen-bond donors (Lipinski definition) is 2. The average Bonchev–Trinajstić information content (AvgIpc) is 2.89. The van der Waals surface area contributed by atoms with E-state index in [0.717, 1.165) is 22.7 Å². The molecule has 2 rings (SSSR count). The number of aryl methyl sites for hydroxylation is 1. The number of hydrogen-bond acceptors (Lipinski definition) is 5. The average molecular weight is 287 g/mol. The zero-order valence-electron chi connectivity index (χ0n) is 10.9. The summed E-state index contributed by atoms with van der Waals surface area (Å²) in [6.45, 7) is 1.99. The number of amides is 1. The Kier molecular flexibility index (Phi) is 4.82. The molecule has 1 amide bonds. The van der Waals surface area contributed by atoms with Gasteiger partial charge in [0.1, 0.15) is 11.5 Å². The fraction of sp³-hybridized carbons (Fsp3) is 0.214. The highest BCUT2D eigenvalue weighted by atomic mass is 32.1. The summed E-state index contributed by atoms with van der Waals surface area (Å²) in [6, 6.07) is 7.50. The fourth-order valence-corrected chi connectivity index (χ4v) is 2.18. The van der Waals surface area contributed by atoms with E-state index in [9.17, 15) is 4.79 Å². The molecular weight excluding hydrogens is 274 g/mol. The zero-order valence-corrected chi connectivity index (χ0v) is 11.7. The Morgan fingerprint density at radius 1 is 1.50 bits per heavy atom. The van der Waals surface area contributed by atoms with E-state index >= 15 is 0 Å². The summed E-state index contributed by atoms with van der Waals surface area (Å²) in [5.74, 6) is 5.24. The van der Waals surface area contributed by atoms with Crippen LogP contribution in [0, 0.1) is 18.8 Å². The van der Waals surface area contributed by atoms with Crippen molar-refractivity contribution in [1.82, 2.24) is 14.9 Å². The normalized spacial score (nSPS) is 9.70. The molecule has 0 spiro atoms. The minimum Gasteiger partial charge on any atom is -0.384 e. The summed E-state index contributed by atoms with van der Waals surface area (Å²) >= 11 is 1.08. The van der Waals surface area contributed by atoms with Crippen LogP contribution in [0.2, 0.25) is 0 Å². The van der Waals surface area contributed by atoms with Gasteiger partial charge in [0, 0.05) is 12.1 Å². The maximum absolute atomic E-state index is 11.9. The highest BCUT2D eigenvalue weighted by Gasteiger charge is 2.12. The van der Waals surface area contributed by atoms with Gasteiger partial charge in [-0.3, -0.25) is 4.79 Å². The molecule has 5 nitrogen and oxygen atoms in total. The minimum atomic E-state index is -0.177. The first-order valence-electron chi connectivity index (χ1n) is 5.96. The number of aliphatic hydroxyl groups is 1. The maximum Gasteiger partial charge on any atom is 0.265 e. The van der Waals surface area contributed by atoms with Crippen LogP contribution in [0.1, 0.15) is 26.5 Å². The largest absolute Gasteiger partial charge is 0.384 e. The van der Waals surface area contributed by atoms with E-state index in [2.05, 4.69) is 26.7 Å².